The molecule has 4 rings (SSSR count). The Bertz CT molecular complexity index is 927. The molecule has 0 spiro atoms. The van der Waals surface area contributed by atoms with E-state index >= 15 is 0 Å². The molecule has 1 aliphatic rings. The number of carbonyl (C=O) groups excluding carboxylic acids is 1. The highest BCUT2D eigenvalue weighted by atomic mass is 16.6. The highest BCUT2D eigenvalue weighted by Crippen LogP contribution is 2.40. The number of benzene rings is 2. The lowest BCUT2D eigenvalue weighted by atomic mass is 9.95. The van der Waals surface area contributed by atoms with Crippen LogP contribution in [0, 0.1) is 0 Å². The predicted octanol–water partition coefficient (Wildman–Crippen LogP) is 4.28. The van der Waals surface area contributed by atoms with Crippen molar-refractivity contribution in [2.75, 3.05) is 7.11 Å². The van der Waals surface area contributed by atoms with Gasteiger partial charge in [0.15, 0.2) is 6.10 Å². The molecular formula is C21H18N2O3. The Kier molecular flexibility index (Phi) is 4.27. The third-order valence-electron chi connectivity index (χ3n) is 4.48. The molecule has 0 aliphatic carbocycles. The summed E-state index contributed by atoms with van der Waals surface area (Å²) in [5, 5.41) is 2.89. The number of cyclic esters (lactones) is 1. The summed E-state index contributed by atoms with van der Waals surface area (Å²) < 4.78 is 11.0. The van der Waals surface area contributed by atoms with Gasteiger partial charge in [-0.05, 0) is 23.3 Å². The third-order valence-corrected chi connectivity index (χ3v) is 4.48. The molecule has 0 bridgehead atoms. The van der Waals surface area contributed by atoms with Crippen molar-refractivity contribution in [3.05, 3.63) is 84.2 Å². The number of ether oxygens (including phenoxy) is 2. The Hall–Kier alpha value is -3.34. The molecular weight excluding hydrogens is 328 g/mol. The fraction of sp³-hybridized carbons (Fsp3) is 0.143. The maximum absolute atomic E-state index is 12.0. The second-order valence-corrected chi connectivity index (χ2v) is 6.06. The summed E-state index contributed by atoms with van der Waals surface area (Å²) in [6.45, 7) is 0. The second-order valence-electron chi connectivity index (χ2n) is 6.06. The molecule has 1 fully saturated rings. The summed E-state index contributed by atoms with van der Waals surface area (Å²) in [4.78, 5) is 16.3. The van der Waals surface area contributed by atoms with Crippen molar-refractivity contribution in [1.29, 1.82) is 0 Å². The van der Waals surface area contributed by atoms with Crippen LogP contribution in [0.5, 0.6) is 5.75 Å². The Morgan fingerprint density at radius 3 is 2.58 bits per heavy atom. The van der Waals surface area contributed by atoms with Crippen LogP contribution in [0.4, 0.5) is 4.79 Å². The van der Waals surface area contributed by atoms with Crippen LogP contribution < -0.4 is 10.1 Å². The summed E-state index contributed by atoms with van der Waals surface area (Å²) in [6, 6.07) is 19.3. The first-order chi connectivity index (χ1) is 12.8. The van der Waals surface area contributed by atoms with E-state index in [1.165, 1.54) is 0 Å². The second kappa shape index (κ2) is 6.88. The number of hydrogen-bond donors (Lipinski definition) is 1. The van der Waals surface area contributed by atoms with Gasteiger partial charge in [0.05, 0.1) is 7.11 Å². The summed E-state index contributed by atoms with van der Waals surface area (Å²) in [5.41, 5.74) is 3.76. The van der Waals surface area contributed by atoms with Crippen molar-refractivity contribution in [2.24, 2.45) is 0 Å². The Labute approximate surface area is 151 Å². The van der Waals surface area contributed by atoms with E-state index < -0.39 is 12.2 Å². The lowest BCUT2D eigenvalue weighted by molar-refractivity contribution is 0.130. The fourth-order valence-corrected chi connectivity index (χ4v) is 3.24. The normalized spacial score (nSPS) is 18.9. The minimum atomic E-state index is -0.480. The Morgan fingerprint density at radius 1 is 1.00 bits per heavy atom. The summed E-state index contributed by atoms with van der Waals surface area (Å²) in [7, 11) is 1.61. The number of amides is 1. The number of methoxy groups -OCH3 is 1. The van der Waals surface area contributed by atoms with Gasteiger partial charge in [-0.25, -0.2) is 4.79 Å². The lowest BCUT2D eigenvalue weighted by Gasteiger charge is -2.20. The fourth-order valence-electron chi connectivity index (χ4n) is 3.24. The molecule has 5 nitrogen and oxygen atoms in total. The molecule has 0 saturated carbocycles. The molecule has 3 aromatic rings. The van der Waals surface area contributed by atoms with Gasteiger partial charge in [0.25, 0.3) is 0 Å². The molecule has 1 aromatic heterocycles. The molecule has 26 heavy (non-hydrogen) atoms. The topological polar surface area (TPSA) is 60.5 Å². The summed E-state index contributed by atoms with van der Waals surface area (Å²) in [6.07, 6.45) is 2.64. The number of alkyl carbamates (subject to hydrolysis) is 1. The number of hydrogen-bond acceptors (Lipinski definition) is 4. The monoisotopic (exact) mass is 346 g/mol. The number of nitrogens with one attached hydrogen (secondary N) is 1. The first-order valence-electron chi connectivity index (χ1n) is 8.36. The maximum atomic E-state index is 12.0. The van der Waals surface area contributed by atoms with Gasteiger partial charge >= 0.3 is 6.09 Å². The molecule has 5 heteroatoms. The third kappa shape index (κ3) is 2.99. The summed E-state index contributed by atoms with van der Waals surface area (Å²) in [5.74, 6) is 0.686. The summed E-state index contributed by atoms with van der Waals surface area (Å²) >= 11 is 0. The minimum Gasteiger partial charge on any atom is -0.496 e. The molecule has 0 radical (unpaired) electrons. The van der Waals surface area contributed by atoms with Gasteiger partial charge in [0, 0.05) is 23.5 Å². The van der Waals surface area contributed by atoms with Gasteiger partial charge in [0.1, 0.15) is 11.8 Å². The zero-order valence-corrected chi connectivity index (χ0v) is 14.3. The van der Waals surface area contributed by atoms with Crippen molar-refractivity contribution >= 4 is 6.09 Å². The van der Waals surface area contributed by atoms with Gasteiger partial charge in [-0.1, -0.05) is 48.5 Å². The SMILES string of the molecule is COc1ccccc1[C@H]1OC(=O)N[C@@H]1c1cncc(-c2ccccc2)c1. The standard InChI is InChI=1S/C21H18N2O3/c1-25-18-10-6-5-9-17(18)20-19(23-21(24)26-20)16-11-15(12-22-13-16)14-7-3-2-4-8-14/h2-13,19-20H,1H3,(H,23,24)/t19-,20-/m1/s1. The molecule has 130 valence electrons. The van der Waals surface area contributed by atoms with Gasteiger partial charge in [0.2, 0.25) is 0 Å². The molecule has 2 heterocycles. The van der Waals surface area contributed by atoms with Gasteiger partial charge < -0.3 is 14.8 Å². The number of rotatable bonds is 4. The molecule has 0 unspecified atom stereocenters. The lowest BCUT2D eigenvalue weighted by Crippen LogP contribution is -2.20. The quantitative estimate of drug-likeness (QED) is 0.766. The van der Waals surface area contributed by atoms with E-state index in [0.717, 1.165) is 22.3 Å². The van der Waals surface area contributed by atoms with E-state index in [4.69, 9.17) is 9.47 Å². The smallest absolute Gasteiger partial charge is 0.408 e. The Morgan fingerprint density at radius 2 is 1.77 bits per heavy atom. The van der Waals surface area contributed by atoms with E-state index in [1.807, 2.05) is 66.9 Å². The Balaban J connectivity index is 1.73. The average molecular weight is 346 g/mol. The van der Waals surface area contributed by atoms with Gasteiger partial charge in [-0.2, -0.15) is 0 Å². The van der Waals surface area contributed by atoms with E-state index in [1.54, 1.807) is 13.3 Å². The van der Waals surface area contributed by atoms with E-state index in [2.05, 4.69) is 10.3 Å². The molecule has 1 aliphatic heterocycles. The van der Waals surface area contributed by atoms with Gasteiger partial charge in [-0.15, -0.1) is 0 Å². The average Bonchev–Trinajstić information content (AvgIpc) is 3.10. The van der Waals surface area contributed by atoms with Crippen LogP contribution in [-0.2, 0) is 4.74 Å². The minimum absolute atomic E-state index is 0.338. The van der Waals surface area contributed by atoms with Crippen LogP contribution >= 0.6 is 0 Å². The van der Waals surface area contributed by atoms with Crippen molar-refractivity contribution in [2.45, 2.75) is 12.1 Å². The number of carbonyl (C=O) groups is 1. The van der Waals surface area contributed by atoms with Crippen LogP contribution in [0.1, 0.15) is 23.3 Å². The number of nitrogens with zero attached hydrogens (tertiary/aromatic N) is 1. The van der Waals surface area contributed by atoms with Crippen LogP contribution in [0.15, 0.2) is 73.1 Å². The number of para-hydroxylation sites is 1. The number of pyridine rings is 1. The predicted molar refractivity (Wildman–Crippen MR) is 97.8 cm³/mol. The van der Waals surface area contributed by atoms with Crippen molar-refractivity contribution in [3.8, 4) is 16.9 Å². The highest BCUT2D eigenvalue weighted by molar-refractivity contribution is 5.72. The van der Waals surface area contributed by atoms with Crippen LogP contribution in [0.25, 0.3) is 11.1 Å². The zero-order valence-electron chi connectivity index (χ0n) is 14.3. The molecule has 1 saturated heterocycles. The maximum Gasteiger partial charge on any atom is 0.408 e. The van der Waals surface area contributed by atoms with Crippen molar-refractivity contribution in [1.82, 2.24) is 10.3 Å². The largest absolute Gasteiger partial charge is 0.496 e. The van der Waals surface area contributed by atoms with Crippen LogP contribution in [0.2, 0.25) is 0 Å². The molecule has 1 amide bonds. The van der Waals surface area contributed by atoms with E-state index in [9.17, 15) is 4.79 Å². The van der Waals surface area contributed by atoms with Gasteiger partial charge in [-0.3, -0.25) is 4.98 Å². The van der Waals surface area contributed by atoms with Crippen molar-refractivity contribution in [3.63, 3.8) is 0 Å². The first-order valence-corrected chi connectivity index (χ1v) is 8.36. The molecule has 2 atom stereocenters. The first kappa shape index (κ1) is 16.1. The van der Waals surface area contributed by atoms with Crippen molar-refractivity contribution < 1.29 is 14.3 Å². The van der Waals surface area contributed by atoms with E-state index in [0.29, 0.717) is 5.75 Å². The molecule has 1 N–H and O–H groups in total. The van der Waals surface area contributed by atoms with Crippen LogP contribution in [-0.4, -0.2) is 18.2 Å². The highest BCUT2D eigenvalue weighted by Gasteiger charge is 2.38. The molecule has 2 aromatic carbocycles. The number of aromatic nitrogens is 1. The zero-order chi connectivity index (χ0) is 17.9. The van der Waals surface area contributed by atoms with E-state index in [-0.39, 0.29) is 6.04 Å². The van der Waals surface area contributed by atoms with Crippen LogP contribution in [0.3, 0.4) is 0 Å².